The van der Waals surface area contributed by atoms with Crippen molar-refractivity contribution in [2.45, 2.75) is 64.6 Å². The molecular weight excluding hydrogens is 240 g/mol. The van der Waals surface area contributed by atoms with Crippen LogP contribution in [0.1, 0.15) is 46.5 Å². The van der Waals surface area contributed by atoms with Crippen LogP contribution in [0.2, 0.25) is 0 Å². The van der Waals surface area contributed by atoms with Crippen LogP contribution in [0.4, 0.5) is 0 Å². The fourth-order valence-corrected chi connectivity index (χ4v) is 3.36. The van der Waals surface area contributed by atoms with E-state index in [0.717, 1.165) is 32.2 Å². The van der Waals surface area contributed by atoms with E-state index in [-0.39, 0.29) is 24.1 Å². The quantitative estimate of drug-likeness (QED) is 0.830. The number of nitrogens with two attached hydrogens (primary N) is 1. The predicted octanol–water partition coefficient (Wildman–Crippen LogP) is 1.78. The average molecular weight is 268 g/mol. The largest absolute Gasteiger partial charge is 0.375 e. The lowest BCUT2D eigenvalue weighted by molar-refractivity contribution is -0.151. The van der Waals surface area contributed by atoms with Crippen LogP contribution >= 0.6 is 0 Å². The standard InChI is InChI=1S/C15H28N2O2/c1-4-13-9-19-11(3)8-17(13)15(18)14-7-12(16)6-5-10(14)2/h10-14H,4-9,16H2,1-3H3. The van der Waals surface area contributed by atoms with E-state index in [9.17, 15) is 4.79 Å². The van der Waals surface area contributed by atoms with E-state index in [2.05, 4.69) is 18.7 Å². The molecule has 19 heavy (non-hydrogen) atoms. The maximum atomic E-state index is 12.8. The molecule has 1 saturated carbocycles. The summed E-state index contributed by atoms with van der Waals surface area (Å²) in [7, 11) is 0. The van der Waals surface area contributed by atoms with Gasteiger partial charge in [0.2, 0.25) is 5.91 Å². The van der Waals surface area contributed by atoms with Gasteiger partial charge in [-0.2, -0.15) is 0 Å². The van der Waals surface area contributed by atoms with Gasteiger partial charge in [0, 0.05) is 18.5 Å². The summed E-state index contributed by atoms with van der Waals surface area (Å²) in [4.78, 5) is 14.9. The van der Waals surface area contributed by atoms with Crippen LogP contribution < -0.4 is 5.73 Å². The minimum absolute atomic E-state index is 0.114. The van der Waals surface area contributed by atoms with E-state index in [1.807, 2.05) is 6.92 Å². The molecule has 1 aliphatic carbocycles. The van der Waals surface area contributed by atoms with Crippen LogP contribution in [0, 0.1) is 11.8 Å². The molecule has 2 aliphatic rings. The average Bonchev–Trinajstić information content (AvgIpc) is 2.40. The van der Waals surface area contributed by atoms with Gasteiger partial charge in [0.25, 0.3) is 0 Å². The third kappa shape index (κ3) is 3.29. The summed E-state index contributed by atoms with van der Waals surface area (Å²) in [5, 5.41) is 0. The summed E-state index contributed by atoms with van der Waals surface area (Å²) in [6.45, 7) is 7.77. The first-order valence-corrected chi connectivity index (χ1v) is 7.70. The van der Waals surface area contributed by atoms with Gasteiger partial charge in [0.15, 0.2) is 0 Å². The molecule has 2 N–H and O–H groups in total. The van der Waals surface area contributed by atoms with Crippen LogP contribution in [0.15, 0.2) is 0 Å². The number of carbonyl (C=O) groups is 1. The van der Waals surface area contributed by atoms with E-state index in [1.54, 1.807) is 0 Å². The molecule has 110 valence electrons. The predicted molar refractivity (Wildman–Crippen MR) is 75.7 cm³/mol. The van der Waals surface area contributed by atoms with Gasteiger partial charge in [-0.1, -0.05) is 13.8 Å². The molecule has 4 nitrogen and oxygen atoms in total. The minimum atomic E-state index is 0.114. The van der Waals surface area contributed by atoms with Crippen molar-refractivity contribution in [3.8, 4) is 0 Å². The first-order chi connectivity index (χ1) is 9.02. The molecule has 0 radical (unpaired) electrons. The van der Waals surface area contributed by atoms with Crippen LogP contribution in [-0.2, 0) is 9.53 Å². The molecule has 5 unspecified atom stereocenters. The van der Waals surface area contributed by atoms with Crippen molar-refractivity contribution in [3.05, 3.63) is 0 Å². The van der Waals surface area contributed by atoms with E-state index < -0.39 is 0 Å². The Kier molecular flexibility index (Phi) is 4.85. The zero-order chi connectivity index (χ0) is 14.0. The van der Waals surface area contributed by atoms with Crippen molar-refractivity contribution in [1.29, 1.82) is 0 Å². The minimum Gasteiger partial charge on any atom is -0.375 e. The van der Waals surface area contributed by atoms with E-state index in [4.69, 9.17) is 10.5 Å². The van der Waals surface area contributed by atoms with Crippen molar-refractivity contribution in [3.63, 3.8) is 0 Å². The first-order valence-electron chi connectivity index (χ1n) is 7.70. The highest BCUT2D eigenvalue weighted by Crippen LogP contribution is 2.32. The molecule has 2 rings (SSSR count). The van der Waals surface area contributed by atoms with Crippen LogP contribution in [0.5, 0.6) is 0 Å². The number of hydrogen-bond acceptors (Lipinski definition) is 3. The molecule has 1 amide bonds. The summed E-state index contributed by atoms with van der Waals surface area (Å²) in [5.41, 5.74) is 6.05. The maximum Gasteiger partial charge on any atom is 0.226 e. The zero-order valence-corrected chi connectivity index (χ0v) is 12.5. The molecule has 0 bridgehead atoms. The second-order valence-electron chi connectivity index (χ2n) is 6.35. The molecule has 5 atom stereocenters. The van der Waals surface area contributed by atoms with Crippen molar-refractivity contribution in [1.82, 2.24) is 4.90 Å². The number of amides is 1. The van der Waals surface area contributed by atoms with Gasteiger partial charge in [0.1, 0.15) is 0 Å². The lowest BCUT2D eigenvalue weighted by Gasteiger charge is -2.42. The molecule has 1 saturated heterocycles. The fourth-order valence-electron chi connectivity index (χ4n) is 3.36. The number of ether oxygens (including phenoxy) is 1. The topological polar surface area (TPSA) is 55.6 Å². The number of morpholine rings is 1. The van der Waals surface area contributed by atoms with E-state index >= 15 is 0 Å². The monoisotopic (exact) mass is 268 g/mol. The number of rotatable bonds is 2. The summed E-state index contributed by atoms with van der Waals surface area (Å²) in [5.74, 6) is 0.885. The second kappa shape index (κ2) is 6.23. The Morgan fingerprint density at radius 1 is 1.37 bits per heavy atom. The number of nitrogens with zero attached hydrogens (tertiary/aromatic N) is 1. The Morgan fingerprint density at radius 2 is 2.11 bits per heavy atom. The smallest absolute Gasteiger partial charge is 0.226 e. The number of hydrogen-bond donors (Lipinski definition) is 1. The summed E-state index contributed by atoms with van der Waals surface area (Å²) in [6, 6.07) is 0.442. The van der Waals surface area contributed by atoms with Crippen LogP contribution in [-0.4, -0.2) is 42.1 Å². The molecule has 4 heteroatoms. The van der Waals surface area contributed by atoms with Gasteiger partial charge in [-0.05, 0) is 38.5 Å². The zero-order valence-electron chi connectivity index (χ0n) is 12.5. The fraction of sp³-hybridized carbons (Fsp3) is 0.933. The lowest BCUT2D eigenvalue weighted by atomic mass is 9.77. The molecule has 0 aromatic rings. The highest BCUT2D eigenvalue weighted by atomic mass is 16.5. The summed E-state index contributed by atoms with van der Waals surface area (Å²) >= 11 is 0. The number of carbonyl (C=O) groups excluding carboxylic acids is 1. The Balaban J connectivity index is 2.07. The highest BCUT2D eigenvalue weighted by molar-refractivity contribution is 5.79. The molecule has 0 aromatic carbocycles. The normalized spacial score (nSPS) is 40.2. The molecular formula is C15H28N2O2. The lowest BCUT2D eigenvalue weighted by Crippen LogP contribution is -2.54. The first kappa shape index (κ1) is 14.8. The van der Waals surface area contributed by atoms with Crippen molar-refractivity contribution < 1.29 is 9.53 Å². The summed E-state index contributed by atoms with van der Waals surface area (Å²) in [6.07, 6.45) is 4.10. The Bertz CT molecular complexity index is 321. The third-order valence-electron chi connectivity index (χ3n) is 4.78. The molecule has 2 fully saturated rings. The van der Waals surface area contributed by atoms with E-state index in [1.165, 1.54) is 0 Å². The van der Waals surface area contributed by atoms with Crippen molar-refractivity contribution in [2.24, 2.45) is 17.6 Å². The van der Waals surface area contributed by atoms with Gasteiger partial charge < -0.3 is 15.4 Å². The Morgan fingerprint density at radius 3 is 2.79 bits per heavy atom. The van der Waals surface area contributed by atoms with Crippen molar-refractivity contribution in [2.75, 3.05) is 13.2 Å². The molecule has 0 spiro atoms. The maximum absolute atomic E-state index is 12.8. The van der Waals surface area contributed by atoms with Gasteiger partial charge in [-0.25, -0.2) is 0 Å². The SMILES string of the molecule is CCC1COC(C)CN1C(=O)C1CC(N)CCC1C. The van der Waals surface area contributed by atoms with Gasteiger partial charge in [-0.3, -0.25) is 4.79 Å². The Labute approximate surface area is 116 Å². The van der Waals surface area contributed by atoms with Gasteiger partial charge in [-0.15, -0.1) is 0 Å². The highest BCUT2D eigenvalue weighted by Gasteiger charge is 2.38. The second-order valence-corrected chi connectivity index (χ2v) is 6.35. The molecule has 1 aliphatic heterocycles. The molecule has 0 aromatic heterocycles. The van der Waals surface area contributed by atoms with E-state index in [0.29, 0.717) is 18.4 Å². The molecule has 1 heterocycles. The van der Waals surface area contributed by atoms with Crippen LogP contribution in [0.3, 0.4) is 0 Å². The summed E-state index contributed by atoms with van der Waals surface area (Å²) < 4.78 is 5.68. The third-order valence-corrected chi connectivity index (χ3v) is 4.78. The van der Waals surface area contributed by atoms with Gasteiger partial charge in [0.05, 0.1) is 18.8 Å². The van der Waals surface area contributed by atoms with Gasteiger partial charge >= 0.3 is 0 Å². The van der Waals surface area contributed by atoms with Crippen molar-refractivity contribution >= 4 is 5.91 Å². The van der Waals surface area contributed by atoms with Crippen LogP contribution in [0.25, 0.3) is 0 Å². The Hall–Kier alpha value is -0.610.